The van der Waals surface area contributed by atoms with Crippen LogP contribution < -0.4 is 4.74 Å². The largest absolute Gasteiger partial charge is 0.481 e. The second-order valence-electron chi connectivity index (χ2n) is 4.86. The first kappa shape index (κ1) is 17.5. The molecule has 0 N–H and O–H groups in total. The average molecular weight is 358 g/mol. The molecule has 6 heteroatoms. The van der Waals surface area contributed by atoms with Gasteiger partial charge in [-0.2, -0.15) is 0 Å². The summed E-state index contributed by atoms with van der Waals surface area (Å²) >= 11 is 3.34. The molecule has 1 aromatic rings. The first-order valence-electron chi connectivity index (χ1n) is 6.60. The van der Waals surface area contributed by atoms with E-state index in [0.29, 0.717) is 12.3 Å². The molecule has 0 aliphatic rings. The summed E-state index contributed by atoms with van der Waals surface area (Å²) in [6.07, 6.45) is -0.624. The van der Waals surface area contributed by atoms with Crippen LogP contribution in [0.5, 0.6) is 5.75 Å². The first-order valence-corrected chi connectivity index (χ1v) is 7.39. The van der Waals surface area contributed by atoms with E-state index in [1.54, 1.807) is 33.0 Å². The number of rotatable bonds is 6. The number of hydrogen-bond acceptors (Lipinski definition) is 4. The van der Waals surface area contributed by atoms with Gasteiger partial charge < -0.3 is 14.4 Å². The third-order valence-corrected chi connectivity index (χ3v) is 3.53. The maximum absolute atomic E-state index is 12.2. The molecule has 0 aliphatic heterocycles. The quantitative estimate of drug-likeness (QED) is 0.734. The number of ether oxygens (including phenoxy) is 2. The second-order valence-corrected chi connectivity index (χ2v) is 5.77. The third-order valence-electron chi connectivity index (χ3n) is 3.00. The number of halogens is 1. The van der Waals surface area contributed by atoms with E-state index in [-0.39, 0.29) is 17.8 Å². The highest BCUT2D eigenvalue weighted by Crippen LogP contribution is 2.17. The summed E-state index contributed by atoms with van der Waals surface area (Å²) in [5, 5.41) is 0. The fourth-order valence-corrected chi connectivity index (χ4v) is 2.12. The Morgan fingerprint density at radius 1 is 1.24 bits per heavy atom. The van der Waals surface area contributed by atoms with Crippen LogP contribution in [0.25, 0.3) is 0 Å². The summed E-state index contributed by atoms with van der Waals surface area (Å²) in [4.78, 5) is 25.0. The average Bonchev–Trinajstić information content (AvgIpc) is 2.47. The van der Waals surface area contributed by atoms with Crippen molar-refractivity contribution in [2.45, 2.75) is 20.0 Å². The number of carbonyl (C=O) groups excluding carboxylic acids is 2. The molecule has 0 aliphatic carbocycles. The zero-order valence-corrected chi connectivity index (χ0v) is 14.2. The van der Waals surface area contributed by atoms with Gasteiger partial charge in [-0.3, -0.25) is 9.59 Å². The van der Waals surface area contributed by atoms with Crippen LogP contribution in [0.1, 0.15) is 13.8 Å². The lowest BCUT2D eigenvalue weighted by atomic mass is 10.1. The molecular formula is C15H20BrNO4. The molecule has 1 aromatic carbocycles. The van der Waals surface area contributed by atoms with E-state index in [1.807, 2.05) is 12.1 Å². The highest BCUT2D eigenvalue weighted by Gasteiger charge is 2.23. The number of amides is 1. The van der Waals surface area contributed by atoms with Gasteiger partial charge in [0, 0.05) is 18.1 Å². The molecule has 0 aromatic heterocycles. The molecule has 2 atom stereocenters. The Morgan fingerprint density at radius 2 is 1.81 bits per heavy atom. The van der Waals surface area contributed by atoms with Crippen molar-refractivity contribution in [1.29, 1.82) is 0 Å². The first-order chi connectivity index (χ1) is 9.85. The summed E-state index contributed by atoms with van der Waals surface area (Å²) < 4.78 is 11.2. The van der Waals surface area contributed by atoms with Crippen molar-refractivity contribution in [2.24, 2.45) is 5.92 Å². The SMILES string of the molecule is COC(=O)C(C)CN(C)C(=O)C(C)Oc1ccc(Br)cc1. The van der Waals surface area contributed by atoms with Crippen LogP contribution in [-0.2, 0) is 14.3 Å². The van der Waals surface area contributed by atoms with Gasteiger partial charge >= 0.3 is 5.97 Å². The smallest absolute Gasteiger partial charge is 0.310 e. The Hall–Kier alpha value is -1.56. The van der Waals surface area contributed by atoms with Crippen molar-refractivity contribution in [1.82, 2.24) is 4.90 Å². The Kier molecular flexibility index (Phi) is 6.68. The Balaban J connectivity index is 2.56. The van der Waals surface area contributed by atoms with E-state index in [4.69, 9.17) is 4.74 Å². The maximum atomic E-state index is 12.2. The standard InChI is InChI=1S/C15H20BrNO4/c1-10(15(19)20-4)9-17(3)14(18)11(2)21-13-7-5-12(16)6-8-13/h5-8,10-11H,9H2,1-4H3. The van der Waals surface area contributed by atoms with Crippen molar-refractivity contribution >= 4 is 27.8 Å². The van der Waals surface area contributed by atoms with Crippen LogP contribution in [0.4, 0.5) is 0 Å². The molecule has 0 saturated carbocycles. The van der Waals surface area contributed by atoms with Crippen molar-refractivity contribution in [3.63, 3.8) is 0 Å². The molecule has 21 heavy (non-hydrogen) atoms. The third kappa shape index (κ3) is 5.38. The number of likely N-dealkylation sites (N-methyl/N-ethyl adjacent to an activating group) is 1. The van der Waals surface area contributed by atoms with Gasteiger partial charge in [0.25, 0.3) is 5.91 Å². The molecule has 0 spiro atoms. The molecule has 1 amide bonds. The Morgan fingerprint density at radius 3 is 2.33 bits per heavy atom. The maximum Gasteiger partial charge on any atom is 0.310 e. The summed E-state index contributed by atoms with van der Waals surface area (Å²) in [5.41, 5.74) is 0. The summed E-state index contributed by atoms with van der Waals surface area (Å²) in [6, 6.07) is 7.25. The van der Waals surface area contributed by atoms with Crippen LogP contribution >= 0.6 is 15.9 Å². The summed E-state index contributed by atoms with van der Waals surface area (Å²) in [7, 11) is 2.98. The lowest BCUT2D eigenvalue weighted by molar-refractivity contribution is -0.147. The van der Waals surface area contributed by atoms with Crippen molar-refractivity contribution in [3.8, 4) is 5.75 Å². The van der Waals surface area contributed by atoms with Crippen molar-refractivity contribution in [2.75, 3.05) is 20.7 Å². The monoisotopic (exact) mass is 357 g/mol. The molecule has 116 valence electrons. The van der Waals surface area contributed by atoms with Crippen LogP contribution in [0, 0.1) is 5.92 Å². The summed E-state index contributed by atoms with van der Waals surface area (Å²) in [5.74, 6) is -0.276. The van der Waals surface area contributed by atoms with Gasteiger partial charge in [0.15, 0.2) is 6.10 Å². The number of esters is 1. The normalized spacial score (nSPS) is 13.2. The predicted molar refractivity (Wildman–Crippen MR) is 83.0 cm³/mol. The molecule has 1 rings (SSSR count). The zero-order chi connectivity index (χ0) is 16.0. The fraction of sp³-hybridized carbons (Fsp3) is 0.467. The minimum absolute atomic E-state index is 0.186. The van der Waals surface area contributed by atoms with Gasteiger partial charge in [-0.25, -0.2) is 0 Å². The Labute approximate surface area is 133 Å². The van der Waals surface area contributed by atoms with E-state index in [1.165, 1.54) is 12.0 Å². The molecule has 0 fully saturated rings. The topological polar surface area (TPSA) is 55.8 Å². The van der Waals surface area contributed by atoms with Gasteiger partial charge in [-0.1, -0.05) is 22.9 Å². The number of benzene rings is 1. The lowest BCUT2D eigenvalue weighted by Crippen LogP contribution is -2.41. The number of carbonyl (C=O) groups is 2. The fourth-order valence-electron chi connectivity index (χ4n) is 1.85. The minimum atomic E-state index is -0.624. The van der Waals surface area contributed by atoms with Crippen molar-refractivity contribution in [3.05, 3.63) is 28.7 Å². The minimum Gasteiger partial charge on any atom is -0.481 e. The lowest BCUT2D eigenvalue weighted by Gasteiger charge is -2.24. The second kappa shape index (κ2) is 8.02. The van der Waals surface area contributed by atoms with Gasteiger partial charge in [-0.05, 0) is 31.2 Å². The highest BCUT2D eigenvalue weighted by molar-refractivity contribution is 9.10. The number of hydrogen-bond donors (Lipinski definition) is 0. The van der Waals surface area contributed by atoms with E-state index in [2.05, 4.69) is 20.7 Å². The van der Waals surface area contributed by atoms with E-state index >= 15 is 0 Å². The zero-order valence-electron chi connectivity index (χ0n) is 12.6. The van der Waals surface area contributed by atoms with Gasteiger partial charge in [-0.15, -0.1) is 0 Å². The molecule has 0 bridgehead atoms. The molecule has 2 unspecified atom stereocenters. The van der Waals surface area contributed by atoms with Gasteiger partial charge in [0.1, 0.15) is 5.75 Å². The van der Waals surface area contributed by atoms with E-state index in [9.17, 15) is 9.59 Å². The van der Waals surface area contributed by atoms with Gasteiger partial charge in [0.2, 0.25) is 0 Å². The molecule has 0 radical (unpaired) electrons. The number of methoxy groups -OCH3 is 1. The highest BCUT2D eigenvalue weighted by atomic mass is 79.9. The van der Waals surface area contributed by atoms with E-state index in [0.717, 1.165) is 4.47 Å². The number of nitrogens with zero attached hydrogens (tertiary/aromatic N) is 1. The van der Waals surface area contributed by atoms with Crippen LogP contribution in [0.3, 0.4) is 0 Å². The van der Waals surface area contributed by atoms with Crippen LogP contribution in [-0.4, -0.2) is 43.6 Å². The molecule has 5 nitrogen and oxygen atoms in total. The molecule has 0 heterocycles. The predicted octanol–water partition coefficient (Wildman–Crippen LogP) is 2.48. The van der Waals surface area contributed by atoms with E-state index < -0.39 is 6.10 Å². The van der Waals surface area contributed by atoms with Crippen LogP contribution in [0.2, 0.25) is 0 Å². The summed E-state index contributed by atoms with van der Waals surface area (Å²) in [6.45, 7) is 3.69. The molecular weight excluding hydrogens is 338 g/mol. The van der Waals surface area contributed by atoms with Crippen LogP contribution in [0.15, 0.2) is 28.7 Å². The van der Waals surface area contributed by atoms with Gasteiger partial charge in [0.05, 0.1) is 13.0 Å². The molecule has 0 saturated heterocycles. The Bertz CT molecular complexity index is 489. The van der Waals surface area contributed by atoms with Crippen molar-refractivity contribution < 1.29 is 19.1 Å².